The van der Waals surface area contributed by atoms with Gasteiger partial charge < -0.3 is 9.72 Å². The normalized spacial score (nSPS) is 16.3. The molecule has 1 aliphatic rings. The molecule has 3 heteroatoms. The third-order valence-electron chi connectivity index (χ3n) is 3.96. The first-order chi connectivity index (χ1) is 8.83. The first-order valence-electron chi connectivity index (χ1n) is 6.48. The zero-order chi connectivity index (χ0) is 12.5. The molecule has 1 heterocycles. The van der Waals surface area contributed by atoms with Gasteiger partial charge in [-0.2, -0.15) is 0 Å². The molecular formula is C15H17NO2. The number of aromatic amines is 1. The smallest absolute Gasteiger partial charge is 0.152 e. The van der Waals surface area contributed by atoms with E-state index in [9.17, 15) is 4.79 Å². The van der Waals surface area contributed by atoms with Gasteiger partial charge in [0, 0.05) is 22.2 Å². The molecule has 1 aromatic heterocycles. The zero-order valence-corrected chi connectivity index (χ0v) is 10.5. The van der Waals surface area contributed by atoms with Crippen molar-refractivity contribution in [1.29, 1.82) is 0 Å². The number of benzene rings is 1. The van der Waals surface area contributed by atoms with Crippen molar-refractivity contribution < 1.29 is 9.53 Å². The van der Waals surface area contributed by atoms with Crippen LogP contribution in [0.4, 0.5) is 0 Å². The number of ether oxygens (including phenoxy) is 1. The maximum atomic E-state index is 11.4. The zero-order valence-electron chi connectivity index (χ0n) is 10.5. The Morgan fingerprint density at radius 3 is 2.78 bits per heavy atom. The number of hydrogen-bond donors (Lipinski definition) is 1. The van der Waals surface area contributed by atoms with Crippen LogP contribution < -0.4 is 4.74 Å². The fraction of sp³-hybridized carbons (Fsp3) is 0.400. The van der Waals surface area contributed by atoms with Crippen LogP contribution in [-0.2, 0) is 0 Å². The van der Waals surface area contributed by atoms with E-state index in [-0.39, 0.29) is 0 Å². The summed E-state index contributed by atoms with van der Waals surface area (Å²) in [5.41, 5.74) is 2.96. The predicted octanol–water partition coefficient (Wildman–Crippen LogP) is 3.65. The lowest BCUT2D eigenvalue weighted by Crippen LogP contribution is -1.96. The van der Waals surface area contributed by atoms with E-state index >= 15 is 0 Å². The Labute approximate surface area is 106 Å². The number of carbonyl (C=O) groups is 1. The average Bonchev–Trinajstić information content (AvgIpc) is 3.04. The molecule has 3 rings (SSSR count). The molecule has 94 valence electrons. The minimum absolute atomic E-state index is 0.517. The van der Waals surface area contributed by atoms with Crippen molar-refractivity contribution in [2.45, 2.75) is 31.6 Å². The van der Waals surface area contributed by atoms with Gasteiger partial charge in [0.15, 0.2) is 6.29 Å². The van der Waals surface area contributed by atoms with Gasteiger partial charge in [0.25, 0.3) is 0 Å². The summed E-state index contributed by atoms with van der Waals surface area (Å²) in [5.74, 6) is 1.31. The van der Waals surface area contributed by atoms with Crippen molar-refractivity contribution in [2.75, 3.05) is 7.11 Å². The number of H-pyrrole nitrogens is 1. The molecule has 0 bridgehead atoms. The summed E-state index contributed by atoms with van der Waals surface area (Å²) in [7, 11) is 1.65. The van der Waals surface area contributed by atoms with Crippen LogP contribution >= 0.6 is 0 Å². The molecule has 1 aromatic carbocycles. The quantitative estimate of drug-likeness (QED) is 0.836. The van der Waals surface area contributed by atoms with E-state index < -0.39 is 0 Å². The van der Waals surface area contributed by atoms with E-state index in [1.54, 1.807) is 7.11 Å². The predicted molar refractivity (Wildman–Crippen MR) is 71.4 cm³/mol. The highest BCUT2D eigenvalue weighted by atomic mass is 16.5. The van der Waals surface area contributed by atoms with Crippen molar-refractivity contribution in [3.8, 4) is 5.75 Å². The summed E-state index contributed by atoms with van der Waals surface area (Å²) in [6, 6.07) is 5.85. The van der Waals surface area contributed by atoms with E-state index in [1.807, 2.05) is 18.2 Å². The Hall–Kier alpha value is -1.77. The first-order valence-corrected chi connectivity index (χ1v) is 6.48. The van der Waals surface area contributed by atoms with Crippen LogP contribution in [0.5, 0.6) is 5.75 Å². The monoisotopic (exact) mass is 243 g/mol. The van der Waals surface area contributed by atoms with Crippen LogP contribution in [0.15, 0.2) is 18.2 Å². The minimum atomic E-state index is 0.517. The molecule has 0 spiro atoms. The van der Waals surface area contributed by atoms with Gasteiger partial charge in [0.2, 0.25) is 0 Å². The molecule has 1 aliphatic carbocycles. The summed E-state index contributed by atoms with van der Waals surface area (Å²) in [6.07, 6.45) is 5.88. The Kier molecular flexibility index (Phi) is 2.82. The van der Waals surface area contributed by atoms with Gasteiger partial charge in [-0.1, -0.05) is 12.8 Å². The Bertz CT molecular complexity index is 579. The van der Waals surface area contributed by atoms with Crippen LogP contribution in [0.3, 0.4) is 0 Å². The second kappa shape index (κ2) is 4.48. The van der Waals surface area contributed by atoms with Gasteiger partial charge in [-0.15, -0.1) is 0 Å². The molecule has 1 saturated carbocycles. The second-order valence-electron chi connectivity index (χ2n) is 4.96. The van der Waals surface area contributed by atoms with E-state index in [2.05, 4.69) is 4.98 Å². The van der Waals surface area contributed by atoms with Gasteiger partial charge in [-0.25, -0.2) is 0 Å². The lowest BCUT2D eigenvalue weighted by atomic mass is 9.99. The van der Waals surface area contributed by atoms with Crippen molar-refractivity contribution >= 4 is 17.2 Å². The average molecular weight is 243 g/mol. The van der Waals surface area contributed by atoms with Gasteiger partial charge >= 0.3 is 0 Å². The van der Waals surface area contributed by atoms with Gasteiger partial charge in [-0.05, 0) is 37.0 Å². The maximum Gasteiger partial charge on any atom is 0.152 e. The third kappa shape index (κ3) is 1.70. The Morgan fingerprint density at radius 2 is 2.11 bits per heavy atom. The van der Waals surface area contributed by atoms with Crippen LogP contribution in [0.1, 0.15) is 47.7 Å². The molecule has 18 heavy (non-hydrogen) atoms. The summed E-state index contributed by atoms with van der Waals surface area (Å²) in [6.45, 7) is 0. The summed E-state index contributed by atoms with van der Waals surface area (Å²) in [5, 5.41) is 0.978. The van der Waals surface area contributed by atoms with E-state index in [0.717, 1.165) is 34.2 Å². The molecule has 0 radical (unpaired) electrons. The number of rotatable bonds is 3. The molecule has 0 unspecified atom stereocenters. The fourth-order valence-corrected chi connectivity index (χ4v) is 3.00. The molecule has 0 saturated heterocycles. The molecule has 0 aliphatic heterocycles. The highest BCUT2D eigenvalue weighted by Crippen LogP contribution is 2.38. The molecule has 0 atom stereocenters. The first kappa shape index (κ1) is 11.3. The Morgan fingerprint density at radius 1 is 1.33 bits per heavy atom. The summed E-state index contributed by atoms with van der Waals surface area (Å²) >= 11 is 0. The SMILES string of the molecule is COc1ccc2[nH]c(C3CCCC3)c(C=O)c2c1. The van der Waals surface area contributed by atoms with E-state index in [1.165, 1.54) is 25.7 Å². The van der Waals surface area contributed by atoms with Crippen molar-refractivity contribution in [1.82, 2.24) is 4.98 Å². The topological polar surface area (TPSA) is 42.1 Å². The number of hydrogen-bond acceptors (Lipinski definition) is 2. The largest absolute Gasteiger partial charge is 0.497 e. The molecule has 2 aromatic rings. The summed E-state index contributed by atoms with van der Waals surface area (Å²) in [4.78, 5) is 14.8. The van der Waals surface area contributed by atoms with Gasteiger partial charge in [0.05, 0.1) is 7.11 Å². The standard InChI is InChI=1S/C15H17NO2/c1-18-11-6-7-14-12(8-11)13(9-17)15(16-14)10-4-2-3-5-10/h6-10,16H,2-5H2,1H3. The molecule has 3 nitrogen and oxygen atoms in total. The van der Waals surface area contributed by atoms with Crippen molar-refractivity contribution in [3.63, 3.8) is 0 Å². The van der Waals surface area contributed by atoms with Crippen LogP contribution in [-0.4, -0.2) is 18.4 Å². The second-order valence-corrected chi connectivity index (χ2v) is 4.96. The van der Waals surface area contributed by atoms with Crippen LogP contribution in [0.25, 0.3) is 10.9 Å². The van der Waals surface area contributed by atoms with Gasteiger partial charge in [-0.3, -0.25) is 4.79 Å². The number of carbonyl (C=O) groups excluding carboxylic acids is 1. The van der Waals surface area contributed by atoms with E-state index in [0.29, 0.717) is 5.92 Å². The number of methoxy groups -OCH3 is 1. The van der Waals surface area contributed by atoms with Crippen molar-refractivity contribution in [3.05, 3.63) is 29.5 Å². The minimum Gasteiger partial charge on any atom is -0.497 e. The van der Waals surface area contributed by atoms with Crippen molar-refractivity contribution in [2.24, 2.45) is 0 Å². The number of aromatic nitrogens is 1. The summed E-state index contributed by atoms with van der Waals surface area (Å²) < 4.78 is 5.23. The van der Waals surface area contributed by atoms with Crippen LogP contribution in [0.2, 0.25) is 0 Å². The lowest BCUT2D eigenvalue weighted by molar-refractivity contribution is 0.112. The number of aldehydes is 1. The van der Waals surface area contributed by atoms with Crippen LogP contribution in [0, 0.1) is 0 Å². The van der Waals surface area contributed by atoms with E-state index in [4.69, 9.17) is 4.74 Å². The third-order valence-corrected chi connectivity index (χ3v) is 3.96. The highest BCUT2D eigenvalue weighted by molar-refractivity contribution is 5.99. The number of nitrogens with one attached hydrogen (secondary N) is 1. The fourth-order valence-electron chi connectivity index (χ4n) is 3.00. The highest BCUT2D eigenvalue weighted by Gasteiger charge is 2.23. The number of fused-ring (bicyclic) bond motifs is 1. The molecule has 0 amide bonds. The lowest BCUT2D eigenvalue weighted by Gasteiger charge is -2.07. The van der Waals surface area contributed by atoms with Gasteiger partial charge in [0.1, 0.15) is 5.75 Å². The molecular weight excluding hydrogens is 226 g/mol. The molecule has 1 N–H and O–H groups in total. The maximum absolute atomic E-state index is 11.4. The Balaban J connectivity index is 2.16. The molecule has 1 fully saturated rings.